The number of H-pyrrole nitrogens is 1. The number of morpholine rings is 1. The van der Waals surface area contributed by atoms with Crippen LogP contribution >= 0.6 is 0 Å². The fourth-order valence-electron chi connectivity index (χ4n) is 2.97. The summed E-state index contributed by atoms with van der Waals surface area (Å²) in [6.07, 6.45) is 4.32. The summed E-state index contributed by atoms with van der Waals surface area (Å²) >= 11 is 0. The van der Waals surface area contributed by atoms with Crippen LogP contribution in [0.1, 0.15) is 30.7 Å². The molecule has 1 aliphatic heterocycles. The molecule has 3 rings (SSSR count). The maximum atomic E-state index is 5.77. The topological polar surface area (TPSA) is 66.1 Å². The van der Waals surface area contributed by atoms with Gasteiger partial charge in [-0.15, -0.1) is 0 Å². The predicted octanol–water partition coefficient (Wildman–Crippen LogP) is 2.02. The first-order valence-corrected chi connectivity index (χ1v) is 8.16. The van der Waals surface area contributed by atoms with Crippen molar-refractivity contribution in [2.24, 2.45) is 0 Å². The van der Waals surface area contributed by atoms with Crippen LogP contribution in [0, 0.1) is 6.92 Å². The van der Waals surface area contributed by atoms with E-state index in [1.807, 2.05) is 19.3 Å². The number of hydrogen-bond acceptors (Lipinski definition) is 5. The number of aryl methyl sites for hydroxylation is 1. The highest BCUT2D eigenvalue weighted by Crippen LogP contribution is 2.18. The monoisotopic (exact) mass is 315 g/mol. The van der Waals surface area contributed by atoms with Gasteiger partial charge in [0.1, 0.15) is 5.82 Å². The first-order chi connectivity index (χ1) is 11.1. The summed E-state index contributed by atoms with van der Waals surface area (Å²) in [4.78, 5) is 6.91. The number of aromatic amines is 1. The highest BCUT2D eigenvalue weighted by molar-refractivity contribution is 5.40. The molecular weight excluding hydrogens is 290 g/mol. The highest BCUT2D eigenvalue weighted by atomic mass is 16.5. The Morgan fingerprint density at radius 1 is 1.22 bits per heavy atom. The molecule has 0 spiro atoms. The molecule has 2 aromatic heterocycles. The zero-order chi connectivity index (χ0) is 16.2. The summed E-state index contributed by atoms with van der Waals surface area (Å²) in [5.41, 5.74) is 3.50. The first kappa shape index (κ1) is 16.0. The van der Waals surface area contributed by atoms with Crippen molar-refractivity contribution in [1.29, 1.82) is 0 Å². The molecule has 1 saturated heterocycles. The van der Waals surface area contributed by atoms with E-state index in [2.05, 4.69) is 51.4 Å². The van der Waals surface area contributed by atoms with E-state index in [0.29, 0.717) is 0 Å². The molecule has 2 aromatic rings. The summed E-state index contributed by atoms with van der Waals surface area (Å²) in [5, 5.41) is 10.4. The molecule has 6 heteroatoms. The molecule has 1 fully saturated rings. The van der Waals surface area contributed by atoms with Crippen molar-refractivity contribution in [3.8, 4) is 0 Å². The average Bonchev–Trinajstić information content (AvgIpc) is 2.92. The SMILES string of the molecule is Cc1[nH]ncc1CNCc1ccc(N2C[C@@H](C)O[C@H](C)C2)nc1. The molecule has 0 amide bonds. The molecule has 0 bridgehead atoms. The quantitative estimate of drug-likeness (QED) is 0.883. The maximum Gasteiger partial charge on any atom is 0.128 e. The van der Waals surface area contributed by atoms with Crippen LogP contribution < -0.4 is 10.2 Å². The molecule has 0 aliphatic carbocycles. The third-order valence-corrected chi connectivity index (χ3v) is 4.13. The van der Waals surface area contributed by atoms with Crippen LogP contribution in [-0.2, 0) is 17.8 Å². The van der Waals surface area contributed by atoms with E-state index in [1.54, 1.807) is 0 Å². The minimum atomic E-state index is 0.250. The Morgan fingerprint density at radius 3 is 2.61 bits per heavy atom. The van der Waals surface area contributed by atoms with E-state index < -0.39 is 0 Å². The summed E-state index contributed by atoms with van der Waals surface area (Å²) in [5.74, 6) is 1.03. The van der Waals surface area contributed by atoms with E-state index in [0.717, 1.165) is 37.7 Å². The molecule has 2 N–H and O–H groups in total. The molecule has 0 unspecified atom stereocenters. The van der Waals surface area contributed by atoms with Gasteiger partial charge in [0.05, 0.1) is 18.4 Å². The third-order valence-electron chi connectivity index (χ3n) is 4.13. The second-order valence-corrected chi connectivity index (χ2v) is 6.31. The molecule has 0 radical (unpaired) electrons. The van der Waals surface area contributed by atoms with Crippen molar-refractivity contribution in [1.82, 2.24) is 20.5 Å². The number of anilines is 1. The zero-order valence-corrected chi connectivity index (χ0v) is 14.0. The predicted molar refractivity (Wildman–Crippen MR) is 90.3 cm³/mol. The summed E-state index contributed by atoms with van der Waals surface area (Å²) in [6, 6.07) is 4.24. The molecular formula is C17H25N5O. The van der Waals surface area contributed by atoms with Crippen molar-refractivity contribution in [3.05, 3.63) is 41.3 Å². The Bertz CT molecular complexity index is 614. The zero-order valence-electron chi connectivity index (χ0n) is 14.0. The molecule has 6 nitrogen and oxygen atoms in total. The van der Waals surface area contributed by atoms with Crippen LogP contribution in [0.5, 0.6) is 0 Å². The van der Waals surface area contributed by atoms with Gasteiger partial charge in [-0.25, -0.2) is 4.98 Å². The molecule has 1 aliphatic rings. The second kappa shape index (κ2) is 7.10. The van der Waals surface area contributed by atoms with E-state index >= 15 is 0 Å². The third kappa shape index (κ3) is 4.09. The number of hydrogen-bond donors (Lipinski definition) is 2. The van der Waals surface area contributed by atoms with Crippen LogP contribution in [0.25, 0.3) is 0 Å². The van der Waals surface area contributed by atoms with Crippen molar-refractivity contribution in [3.63, 3.8) is 0 Å². The number of pyridine rings is 1. The standard InChI is InChI=1S/C17H25N5O/c1-12-10-22(11-13(2)23-12)17-5-4-15(7-19-17)6-18-8-16-9-20-21-14(16)3/h4-5,7,9,12-13,18H,6,8,10-11H2,1-3H3,(H,20,21)/t12-,13-/m1/s1. The lowest BCUT2D eigenvalue weighted by Gasteiger charge is -2.36. The van der Waals surface area contributed by atoms with Crippen molar-refractivity contribution >= 4 is 5.82 Å². The molecule has 2 atom stereocenters. The van der Waals surface area contributed by atoms with E-state index in [1.165, 1.54) is 11.1 Å². The van der Waals surface area contributed by atoms with E-state index in [-0.39, 0.29) is 12.2 Å². The van der Waals surface area contributed by atoms with E-state index in [4.69, 9.17) is 4.74 Å². The fraction of sp³-hybridized carbons (Fsp3) is 0.529. The average molecular weight is 315 g/mol. The highest BCUT2D eigenvalue weighted by Gasteiger charge is 2.22. The van der Waals surface area contributed by atoms with Gasteiger partial charge in [0.15, 0.2) is 0 Å². The van der Waals surface area contributed by atoms with Crippen LogP contribution in [0.3, 0.4) is 0 Å². The fourth-order valence-corrected chi connectivity index (χ4v) is 2.97. The Kier molecular flexibility index (Phi) is 4.93. The molecule has 23 heavy (non-hydrogen) atoms. The normalized spacial score (nSPS) is 21.6. The summed E-state index contributed by atoms with van der Waals surface area (Å²) in [7, 11) is 0. The van der Waals surface area contributed by atoms with Crippen molar-refractivity contribution < 1.29 is 4.74 Å². The lowest BCUT2D eigenvalue weighted by molar-refractivity contribution is -0.00545. The Morgan fingerprint density at radius 2 is 2.00 bits per heavy atom. The van der Waals surface area contributed by atoms with Crippen molar-refractivity contribution in [2.75, 3.05) is 18.0 Å². The molecule has 0 aromatic carbocycles. The number of ether oxygens (including phenoxy) is 1. The second-order valence-electron chi connectivity index (χ2n) is 6.31. The van der Waals surface area contributed by atoms with Crippen molar-refractivity contribution in [2.45, 2.75) is 46.1 Å². The van der Waals surface area contributed by atoms with E-state index in [9.17, 15) is 0 Å². The van der Waals surface area contributed by atoms with Crippen LogP contribution in [0.2, 0.25) is 0 Å². The van der Waals surface area contributed by atoms with Crippen LogP contribution in [-0.4, -0.2) is 40.5 Å². The Hall–Kier alpha value is -1.92. The van der Waals surface area contributed by atoms with Gasteiger partial charge in [-0.1, -0.05) is 6.07 Å². The lowest BCUT2D eigenvalue weighted by atomic mass is 10.2. The Balaban J connectivity index is 1.53. The summed E-state index contributed by atoms with van der Waals surface area (Å²) in [6.45, 7) is 9.65. The van der Waals surface area contributed by atoms with Gasteiger partial charge in [-0.2, -0.15) is 5.10 Å². The minimum Gasteiger partial charge on any atom is -0.372 e. The van der Waals surface area contributed by atoms with Gasteiger partial charge < -0.3 is 15.0 Å². The van der Waals surface area contributed by atoms with Gasteiger partial charge in [0.25, 0.3) is 0 Å². The minimum absolute atomic E-state index is 0.250. The summed E-state index contributed by atoms with van der Waals surface area (Å²) < 4.78 is 5.77. The first-order valence-electron chi connectivity index (χ1n) is 8.16. The molecule has 3 heterocycles. The Labute approximate surface area is 137 Å². The number of nitrogens with one attached hydrogen (secondary N) is 2. The lowest BCUT2D eigenvalue weighted by Crippen LogP contribution is -2.45. The number of nitrogens with zero attached hydrogens (tertiary/aromatic N) is 3. The van der Waals surface area contributed by atoms with Crippen LogP contribution in [0.15, 0.2) is 24.5 Å². The van der Waals surface area contributed by atoms with Gasteiger partial charge in [0.2, 0.25) is 0 Å². The molecule has 0 saturated carbocycles. The smallest absolute Gasteiger partial charge is 0.128 e. The maximum absolute atomic E-state index is 5.77. The van der Waals surface area contributed by atoms with Gasteiger partial charge in [0, 0.05) is 43.6 Å². The van der Waals surface area contributed by atoms with Gasteiger partial charge in [-0.3, -0.25) is 5.10 Å². The van der Waals surface area contributed by atoms with Gasteiger partial charge in [-0.05, 0) is 32.4 Å². The van der Waals surface area contributed by atoms with Gasteiger partial charge >= 0.3 is 0 Å². The van der Waals surface area contributed by atoms with Crippen LogP contribution in [0.4, 0.5) is 5.82 Å². The number of aromatic nitrogens is 3. The largest absolute Gasteiger partial charge is 0.372 e. The molecule has 124 valence electrons. The number of rotatable bonds is 5.